The van der Waals surface area contributed by atoms with Gasteiger partial charge in [0.05, 0.1) is 6.04 Å². The molecule has 3 atom stereocenters. The lowest BCUT2D eigenvalue weighted by molar-refractivity contribution is -0.771. The van der Waals surface area contributed by atoms with Crippen LogP contribution in [0.25, 0.3) is 0 Å². The molecule has 1 saturated heterocycles. The van der Waals surface area contributed by atoms with Gasteiger partial charge in [0.25, 0.3) is 6.04 Å². The van der Waals surface area contributed by atoms with Crippen molar-refractivity contribution in [3.8, 4) is 0 Å². The summed E-state index contributed by atoms with van der Waals surface area (Å²) in [6, 6.07) is 9.91. The van der Waals surface area contributed by atoms with Crippen molar-refractivity contribution in [2.45, 2.75) is 44.3 Å². The third-order valence-corrected chi connectivity index (χ3v) is 3.71. The Hall–Kier alpha value is -0.940. The predicted molar refractivity (Wildman–Crippen MR) is 65.2 cm³/mol. The Labute approximate surface area is 118 Å². The van der Waals surface area contributed by atoms with Crippen LogP contribution in [0.15, 0.2) is 30.3 Å². The highest BCUT2D eigenvalue weighted by Gasteiger charge is 2.41. The molecule has 5 heteroatoms. The third-order valence-electron chi connectivity index (χ3n) is 3.71. The minimum atomic E-state index is -0.444. The lowest BCUT2D eigenvalue weighted by atomic mass is 9.88. The Morgan fingerprint density at radius 1 is 1.33 bits per heavy atom. The van der Waals surface area contributed by atoms with Crippen LogP contribution in [-0.4, -0.2) is 17.0 Å². The highest BCUT2D eigenvalue weighted by atomic mass is 79.9. The quantitative estimate of drug-likeness (QED) is 0.546. The second-order valence-corrected chi connectivity index (χ2v) is 4.73. The van der Waals surface area contributed by atoms with Crippen molar-refractivity contribution in [1.82, 2.24) is 0 Å². The maximum absolute atomic E-state index is 11.1. The van der Waals surface area contributed by atoms with Gasteiger partial charge >= 0.3 is 0 Å². The van der Waals surface area contributed by atoms with Gasteiger partial charge in [0.1, 0.15) is 0 Å². The summed E-state index contributed by atoms with van der Waals surface area (Å²) in [4.78, 5) is 11.0. The Kier molecular flexibility index (Phi) is 5.75. The maximum atomic E-state index is 11.1. The van der Waals surface area contributed by atoms with E-state index in [-0.39, 0.29) is 27.9 Å². The molecule has 0 spiro atoms. The molecule has 0 radical (unpaired) electrons. The lowest BCUT2D eigenvalue weighted by Crippen LogP contribution is -3.00. The van der Waals surface area contributed by atoms with Crippen molar-refractivity contribution in [3.63, 3.8) is 0 Å². The number of nitro groups is 1. The second kappa shape index (κ2) is 6.85. The van der Waals surface area contributed by atoms with Gasteiger partial charge in [0, 0.05) is 23.3 Å². The van der Waals surface area contributed by atoms with Crippen molar-refractivity contribution in [1.29, 1.82) is 0 Å². The van der Waals surface area contributed by atoms with E-state index in [1.54, 1.807) is 0 Å². The number of benzene rings is 1. The molecule has 1 fully saturated rings. The van der Waals surface area contributed by atoms with E-state index in [9.17, 15) is 10.1 Å². The normalized spacial score (nSPS) is 27.3. The zero-order valence-electron chi connectivity index (χ0n) is 10.5. The number of nitrogens with zero attached hydrogens (tertiary/aromatic N) is 1. The summed E-state index contributed by atoms with van der Waals surface area (Å²) in [6.45, 7) is 2.15. The van der Waals surface area contributed by atoms with Crippen LogP contribution in [0.4, 0.5) is 0 Å². The molecule has 4 nitrogen and oxygen atoms in total. The molecule has 0 unspecified atom stereocenters. The van der Waals surface area contributed by atoms with E-state index in [1.165, 1.54) is 0 Å². The average molecular weight is 315 g/mol. The van der Waals surface area contributed by atoms with Crippen molar-refractivity contribution >= 4 is 0 Å². The fraction of sp³-hybridized carbons (Fsp3) is 0.538. The summed E-state index contributed by atoms with van der Waals surface area (Å²) < 4.78 is 0. The van der Waals surface area contributed by atoms with Gasteiger partial charge in [-0.3, -0.25) is 10.1 Å². The summed E-state index contributed by atoms with van der Waals surface area (Å²) in [7, 11) is 0. The molecular formula is C13H19BrN2O2. The van der Waals surface area contributed by atoms with Crippen LogP contribution < -0.4 is 22.3 Å². The Balaban J connectivity index is 0.00000162. The first-order valence-corrected chi connectivity index (χ1v) is 6.25. The predicted octanol–water partition coefficient (Wildman–Crippen LogP) is -1.49. The Morgan fingerprint density at radius 2 is 2.00 bits per heavy atom. The highest BCUT2D eigenvalue weighted by Crippen LogP contribution is 2.23. The number of quaternary nitrogens is 1. The van der Waals surface area contributed by atoms with Crippen molar-refractivity contribution in [2.24, 2.45) is 0 Å². The van der Waals surface area contributed by atoms with Crippen LogP contribution in [0, 0.1) is 10.1 Å². The fourth-order valence-electron chi connectivity index (χ4n) is 2.67. The number of hydrogen-bond donors (Lipinski definition) is 1. The van der Waals surface area contributed by atoms with Crippen LogP contribution in [0.3, 0.4) is 0 Å². The first-order chi connectivity index (χ1) is 8.22. The van der Waals surface area contributed by atoms with E-state index in [0.29, 0.717) is 12.5 Å². The van der Waals surface area contributed by atoms with Crippen LogP contribution in [0.5, 0.6) is 0 Å². The second-order valence-electron chi connectivity index (χ2n) is 4.73. The zero-order valence-corrected chi connectivity index (χ0v) is 12.0. The van der Waals surface area contributed by atoms with Gasteiger partial charge in [-0.15, -0.1) is 0 Å². The van der Waals surface area contributed by atoms with Crippen molar-refractivity contribution in [3.05, 3.63) is 46.0 Å². The monoisotopic (exact) mass is 314 g/mol. The molecule has 1 heterocycles. The number of piperidine rings is 1. The summed E-state index contributed by atoms with van der Waals surface area (Å²) >= 11 is 0. The third kappa shape index (κ3) is 3.29. The van der Waals surface area contributed by atoms with Gasteiger partial charge in [0.15, 0.2) is 6.04 Å². The zero-order chi connectivity index (χ0) is 12.3. The molecule has 1 aromatic carbocycles. The molecule has 18 heavy (non-hydrogen) atoms. The summed E-state index contributed by atoms with van der Waals surface area (Å²) in [5, 5.41) is 13.3. The molecule has 1 aliphatic heterocycles. The molecule has 0 aliphatic carbocycles. The summed E-state index contributed by atoms with van der Waals surface area (Å²) in [5.41, 5.74) is 1.08. The molecule has 100 valence electrons. The molecule has 0 bridgehead atoms. The van der Waals surface area contributed by atoms with E-state index in [2.05, 4.69) is 12.2 Å². The smallest absolute Gasteiger partial charge is 0.268 e. The fourth-order valence-corrected chi connectivity index (χ4v) is 2.67. The molecule has 0 saturated carbocycles. The molecule has 0 aromatic heterocycles. The number of halogens is 1. The van der Waals surface area contributed by atoms with E-state index in [4.69, 9.17) is 0 Å². The van der Waals surface area contributed by atoms with E-state index < -0.39 is 6.04 Å². The molecule has 1 aromatic rings. The Morgan fingerprint density at radius 3 is 2.56 bits per heavy atom. The van der Waals surface area contributed by atoms with Gasteiger partial charge in [-0.25, -0.2) is 0 Å². The van der Waals surface area contributed by atoms with Crippen molar-refractivity contribution < 1.29 is 27.2 Å². The number of hydrogen-bond acceptors (Lipinski definition) is 2. The van der Waals surface area contributed by atoms with Crippen LogP contribution >= 0.6 is 0 Å². The Bertz CT molecular complexity index is 386. The van der Waals surface area contributed by atoms with Crippen LogP contribution in [-0.2, 0) is 0 Å². The summed E-state index contributed by atoms with van der Waals surface area (Å²) in [5.74, 6) is 0. The van der Waals surface area contributed by atoms with E-state index in [0.717, 1.165) is 18.4 Å². The SMILES string of the molecule is CC[C@@H]1CC[C@@H]([N+](=O)[O-])[C@@H](c2ccccc2)[NH2+]1.[Br-]. The van der Waals surface area contributed by atoms with Crippen molar-refractivity contribution in [2.75, 3.05) is 0 Å². The van der Waals surface area contributed by atoms with E-state index in [1.807, 2.05) is 30.3 Å². The van der Waals surface area contributed by atoms with Gasteiger partial charge in [-0.1, -0.05) is 37.3 Å². The molecule has 1 aliphatic rings. The van der Waals surface area contributed by atoms with Crippen LogP contribution in [0.2, 0.25) is 0 Å². The lowest BCUT2D eigenvalue weighted by Gasteiger charge is -2.29. The molecule has 0 amide bonds. The minimum absolute atomic E-state index is 0. The van der Waals surface area contributed by atoms with Gasteiger partial charge in [-0.05, 0) is 6.42 Å². The van der Waals surface area contributed by atoms with Gasteiger partial charge in [-0.2, -0.15) is 0 Å². The first-order valence-electron chi connectivity index (χ1n) is 6.25. The van der Waals surface area contributed by atoms with Gasteiger partial charge in [0.2, 0.25) is 0 Å². The molecule has 2 N–H and O–H groups in total. The van der Waals surface area contributed by atoms with E-state index >= 15 is 0 Å². The maximum Gasteiger partial charge on any atom is 0.268 e. The first kappa shape index (κ1) is 15.1. The summed E-state index contributed by atoms with van der Waals surface area (Å²) in [6.07, 6.45) is 2.72. The van der Waals surface area contributed by atoms with Crippen LogP contribution in [0.1, 0.15) is 37.8 Å². The van der Waals surface area contributed by atoms with Gasteiger partial charge < -0.3 is 22.3 Å². The number of nitrogens with two attached hydrogens (primary N) is 1. The average Bonchev–Trinajstić information content (AvgIpc) is 2.39. The standard InChI is InChI=1S/C13H18N2O2.BrH/c1-2-11-8-9-12(15(16)17)13(14-11)10-6-4-3-5-7-10;/h3-7,11-14H,2,8-9H2,1H3;1H/t11-,12-,13-;/m1./s1. The molecule has 2 rings (SSSR count). The largest absolute Gasteiger partial charge is 1.00 e. The number of rotatable bonds is 3. The topological polar surface area (TPSA) is 59.8 Å². The minimum Gasteiger partial charge on any atom is -1.00 e. The molecular weight excluding hydrogens is 296 g/mol. The highest BCUT2D eigenvalue weighted by molar-refractivity contribution is 5.18.